The van der Waals surface area contributed by atoms with E-state index in [9.17, 15) is 13.6 Å². The minimum atomic E-state index is -0.391. The van der Waals surface area contributed by atoms with Crippen molar-refractivity contribution in [3.63, 3.8) is 0 Å². The molecule has 0 radical (unpaired) electrons. The second-order valence-corrected chi connectivity index (χ2v) is 7.85. The Morgan fingerprint density at radius 1 is 0.939 bits per heavy atom. The zero-order valence-corrected chi connectivity index (χ0v) is 18.3. The lowest BCUT2D eigenvalue weighted by Gasteiger charge is -2.08. The van der Waals surface area contributed by atoms with E-state index in [1.165, 1.54) is 28.9 Å². The van der Waals surface area contributed by atoms with Crippen molar-refractivity contribution in [2.75, 3.05) is 5.32 Å². The molecule has 0 aliphatic rings. The number of aromatic nitrogens is 2. The van der Waals surface area contributed by atoms with Crippen molar-refractivity contribution in [2.24, 2.45) is 0 Å². The molecule has 0 atom stereocenters. The van der Waals surface area contributed by atoms with E-state index in [2.05, 4.69) is 10.4 Å². The van der Waals surface area contributed by atoms with Gasteiger partial charge in [-0.15, -0.1) is 5.10 Å². The molecule has 0 saturated carbocycles. The summed E-state index contributed by atoms with van der Waals surface area (Å²) in [6.45, 7) is 4.26. The van der Waals surface area contributed by atoms with Gasteiger partial charge in [-0.3, -0.25) is 9.48 Å². The fourth-order valence-corrected chi connectivity index (χ4v) is 3.37. The number of nitrogens with one attached hydrogen (secondary N) is 1. The number of rotatable bonds is 7. The molecular formula is C26H23F2N3O2. The SMILES string of the molecule is Cc1ccc(NC(=O)c2cn(Cc3cccc(F)c3)nc2OCc2cccc(F)c2)cc1C. The number of aryl methyl sites for hydroxylation is 2. The number of halogens is 2. The minimum Gasteiger partial charge on any atom is -0.471 e. The van der Waals surface area contributed by atoms with Gasteiger partial charge in [0.2, 0.25) is 5.88 Å². The summed E-state index contributed by atoms with van der Waals surface area (Å²) in [6, 6.07) is 17.8. The first kappa shape index (κ1) is 22.2. The summed E-state index contributed by atoms with van der Waals surface area (Å²) in [4.78, 5) is 13.1. The van der Waals surface area contributed by atoms with Crippen LogP contribution in [0.5, 0.6) is 5.88 Å². The summed E-state index contributed by atoms with van der Waals surface area (Å²) in [6.07, 6.45) is 1.56. The Kier molecular flexibility index (Phi) is 6.49. The van der Waals surface area contributed by atoms with Gasteiger partial charge in [-0.1, -0.05) is 30.3 Å². The molecule has 0 saturated heterocycles. The maximum Gasteiger partial charge on any atom is 0.262 e. The lowest BCUT2D eigenvalue weighted by molar-refractivity contribution is 0.102. The van der Waals surface area contributed by atoms with Crippen molar-refractivity contribution >= 4 is 11.6 Å². The third kappa shape index (κ3) is 5.63. The summed E-state index contributed by atoms with van der Waals surface area (Å²) < 4.78 is 34.4. The molecule has 0 unspecified atom stereocenters. The van der Waals surface area contributed by atoms with Crippen molar-refractivity contribution in [2.45, 2.75) is 27.0 Å². The summed E-state index contributed by atoms with van der Waals surface area (Å²) in [7, 11) is 0. The average Bonchev–Trinajstić information content (AvgIpc) is 3.18. The van der Waals surface area contributed by atoms with Crippen LogP contribution >= 0.6 is 0 Å². The molecule has 4 rings (SSSR count). The van der Waals surface area contributed by atoms with Crippen LogP contribution in [-0.4, -0.2) is 15.7 Å². The van der Waals surface area contributed by atoms with Crippen LogP contribution in [0.2, 0.25) is 0 Å². The highest BCUT2D eigenvalue weighted by Crippen LogP contribution is 2.22. The van der Waals surface area contributed by atoms with E-state index in [1.807, 2.05) is 32.0 Å². The van der Waals surface area contributed by atoms with Crippen LogP contribution in [0.1, 0.15) is 32.6 Å². The van der Waals surface area contributed by atoms with Crippen LogP contribution in [0.25, 0.3) is 0 Å². The third-order valence-corrected chi connectivity index (χ3v) is 5.24. The summed E-state index contributed by atoms with van der Waals surface area (Å²) in [5, 5.41) is 7.25. The quantitative estimate of drug-likeness (QED) is 0.398. The van der Waals surface area contributed by atoms with E-state index in [0.717, 1.165) is 11.1 Å². The zero-order chi connectivity index (χ0) is 23.4. The minimum absolute atomic E-state index is 0.0403. The number of carbonyl (C=O) groups excluding carboxylic acids is 1. The highest BCUT2D eigenvalue weighted by molar-refractivity contribution is 6.05. The summed E-state index contributed by atoms with van der Waals surface area (Å²) in [5.41, 5.74) is 4.34. The van der Waals surface area contributed by atoms with Crippen molar-refractivity contribution in [3.05, 3.63) is 112 Å². The molecule has 1 aromatic heterocycles. The van der Waals surface area contributed by atoms with Gasteiger partial charge in [0.05, 0.1) is 6.54 Å². The van der Waals surface area contributed by atoms with Gasteiger partial charge in [0.15, 0.2) is 0 Å². The van der Waals surface area contributed by atoms with Crippen LogP contribution in [0.15, 0.2) is 72.9 Å². The van der Waals surface area contributed by atoms with Crippen molar-refractivity contribution in [3.8, 4) is 5.88 Å². The largest absolute Gasteiger partial charge is 0.471 e. The van der Waals surface area contributed by atoms with Gasteiger partial charge in [0, 0.05) is 11.9 Å². The Hall–Kier alpha value is -4.00. The van der Waals surface area contributed by atoms with E-state index in [1.54, 1.807) is 30.5 Å². The molecule has 7 heteroatoms. The molecule has 1 heterocycles. The fourth-order valence-electron chi connectivity index (χ4n) is 3.37. The molecule has 0 aliphatic carbocycles. The summed E-state index contributed by atoms with van der Waals surface area (Å²) in [5.74, 6) is -1.01. The first-order valence-electron chi connectivity index (χ1n) is 10.4. The lowest BCUT2D eigenvalue weighted by atomic mass is 10.1. The second-order valence-electron chi connectivity index (χ2n) is 7.85. The molecule has 4 aromatic rings. The molecule has 1 N–H and O–H groups in total. The number of amides is 1. The molecule has 33 heavy (non-hydrogen) atoms. The first-order chi connectivity index (χ1) is 15.9. The molecule has 0 aliphatic heterocycles. The fraction of sp³-hybridized carbons (Fsp3) is 0.154. The molecule has 168 valence electrons. The highest BCUT2D eigenvalue weighted by atomic mass is 19.1. The van der Waals surface area contributed by atoms with Crippen molar-refractivity contribution < 1.29 is 18.3 Å². The van der Waals surface area contributed by atoms with Gasteiger partial charge in [-0.05, 0) is 72.5 Å². The number of carbonyl (C=O) groups is 1. The Morgan fingerprint density at radius 2 is 1.64 bits per heavy atom. The Morgan fingerprint density at radius 3 is 2.33 bits per heavy atom. The van der Waals surface area contributed by atoms with Crippen LogP contribution in [-0.2, 0) is 13.2 Å². The number of anilines is 1. The maximum absolute atomic E-state index is 13.6. The number of hydrogen-bond acceptors (Lipinski definition) is 3. The Bertz CT molecular complexity index is 1300. The molecule has 5 nitrogen and oxygen atoms in total. The molecule has 1 amide bonds. The van der Waals surface area contributed by atoms with Crippen LogP contribution in [0.4, 0.5) is 14.5 Å². The Balaban J connectivity index is 1.59. The van der Waals surface area contributed by atoms with Crippen LogP contribution < -0.4 is 10.1 Å². The maximum atomic E-state index is 13.6. The zero-order valence-electron chi connectivity index (χ0n) is 18.3. The number of hydrogen-bond donors (Lipinski definition) is 1. The summed E-state index contributed by atoms with van der Waals surface area (Å²) >= 11 is 0. The average molecular weight is 447 g/mol. The molecule has 0 bridgehead atoms. The predicted molar refractivity (Wildman–Crippen MR) is 122 cm³/mol. The van der Waals surface area contributed by atoms with E-state index in [0.29, 0.717) is 16.8 Å². The van der Waals surface area contributed by atoms with E-state index in [4.69, 9.17) is 4.74 Å². The van der Waals surface area contributed by atoms with Crippen LogP contribution in [0, 0.1) is 25.5 Å². The Labute approximate surface area is 190 Å². The normalized spacial score (nSPS) is 10.8. The molecule has 0 fully saturated rings. The molecule has 3 aromatic carbocycles. The van der Waals surface area contributed by atoms with Gasteiger partial charge in [0.1, 0.15) is 23.8 Å². The van der Waals surface area contributed by atoms with E-state index >= 15 is 0 Å². The van der Waals surface area contributed by atoms with E-state index < -0.39 is 5.91 Å². The molecule has 0 spiro atoms. The smallest absolute Gasteiger partial charge is 0.262 e. The predicted octanol–water partition coefficient (Wildman–Crippen LogP) is 5.66. The van der Waals surface area contributed by atoms with E-state index in [-0.39, 0.29) is 36.2 Å². The molecular weight excluding hydrogens is 424 g/mol. The van der Waals surface area contributed by atoms with Gasteiger partial charge < -0.3 is 10.1 Å². The lowest BCUT2D eigenvalue weighted by Crippen LogP contribution is -2.13. The topological polar surface area (TPSA) is 56.2 Å². The van der Waals surface area contributed by atoms with Gasteiger partial charge in [-0.25, -0.2) is 8.78 Å². The third-order valence-electron chi connectivity index (χ3n) is 5.24. The number of ether oxygens (including phenoxy) is 1. The first-order valence-corrected chi connectivity index (χ1v) is 10.4. The van der Waals surface area contributed by atoms with Crippen LogP contribution in [0.3, 0.4) is 0 Å². The standard InChI is InChI=1S/C26H23F2N3O2/c1-17-9-10-23(11-18(17)2)29-25(32)24-15-31(14-19-5-3-7-21(27)12-19)30-26(24)33-16-20-6-4-8-22(28)13-20/h3-13,15H,14,16H2,1-2H3,(H,29,32). The highest BCUT2D eigenvalue weighted by Gasteiger charge is 2.19. The van der Waals surface area contributed by atoms with Crippen molar-refractivity contribution in [1.82, 2.24) is 9.78 Å². The monoisotopic (exact) mass is 447 g/mol. The van der Waals surface area contributed by atoms with Gasteiger partial charge in [-0.2, -0.15) is 0 Å². The van der Waals surface area contributed by atoms with Gasteiger partial charge in [0.25, 0.3) is 5.91 Å². The second kappa shape index (κ2) is 9.65. The number of benzene rings is 3. The number of nitrogens with zero attached hydrogens (tertiary/aromatic N) is 2. The van der Waals surface area contributed by atoms with Gasteiger partial charge >= 0.3 is 0 Å². The van der Waals surface area contributed by atoms with Crippen molar-refractivity contribution in [1.29, 1.82) is 0 Å².